The van der Waals surface area contributed by atoms with Crippen LogP contribution in [0.3, 0.4) is 0 Å². The number of Topliss-reactive ketones (excluding diaryl/α,β-unsaturated/α-hetero) is 1. The maximum Gasteiger partial charge on any atom is 0.306 e. The van der Waals surface area contributed by atoms with Gasteiger partial charge >= 0.3 is 5.97 Å². The van der Waals surface area contributed by atoms with Crippen molar-refractivity contribution in [2.24, 2.45) is 0 Å². The molecule has 2 unspecified atom stereocenters. The Morgan fingerprint density at radius 2 is 2.05 bits per heavy atom. The largest absolute Gasteiger partial charge is 0.466 e. The number of carbonyl (C=O) groups is 2. The van der Waals surface area contributed by atoms with Gasteiger partial charge in [-0.25, -0.2) is 0 Å². The van der Waals surface area contributed by atoms with Gasteiger partial charge in [0, 0.05) is 19.0 Å². The molecule has 1 saturated heterocycles. The van der Waals surface area contributed by atoms with E-state index in [1.165, 1.54) is 0 Å². The second-order valence-corrected chi connectivity index (χ2v) is 4.98. The molecular formula is C14H25NO4. The highest BCUT2D eigenvalue weighted by molar-refractivity contribution is 5.84. The molecule has 0 aromatic heterocycles. The maximum atomic E-state index is 11.9. The van der Waals surface area contributed by atoms with E-state index in [2.05, 4.69) is 11.8 Å². The van der Waals surface area contributed by atoms with Crippen LogP contribution in [-0.4, -0.2) is 55.1 Å². The zero-order valence-corrected chi connectivity index (χ0v) is 12.2. The lowest BCUT2D eigenvalue weighted by atomic mass is 10.1. The molecule has 1 rings (SSSR count). The number of rotatable bonds is 7. The second-order valence-electron chi connectivity index (χ2n) is 4.98. The minimum atomic E-state index is -0.293. The smallest absolute Gasteiger partial charge is 0.306 e. The van der Waals surface area contributed by atoms with Gasteiger partial charge in [0.2, 0.25) is 0 Å². The summed E-state index contributed by atoms with van der Waals surface area (Å²) >= 11 is 0. The van der Waals surface area contributed by atoms with Gasteiger partial charge in [-0.1, -0.05) is 6.92 Å². The summed E-state index contributed by atoms with van der Waals surface area (Å²) in [4.78, 5) is 25.3. The second kappa shape index (κ2) is 8.27. The molecule has 0 bridgehead atoms. The minimum Gasteiger partial charge on any atom is -0.466 e. The Kier molecular flexibility index (Phi) is 7.02. The number of hydrogen-bond acceptors (Lipinski definition) is 5. The molecular weight excluding hydrogens is 246 g/mol. The third-order valence-corrected chi connectivity index (χ3v) is 3.35. The van der Waals surface area contributed by atoms with Gasteiger partial charge in [0.25, 0.3) is 0 Å². The average molecular weight is 271 g/mol. The van der Waals surface area contributed by atoms with Gasteiger partial charge in [-0.05, 0) is 20.3 Å². The normalized spacial score (nSPS) is 24.2. The zero-order chi connectivity index (χ0) is 14.3. The Bertz CT molecular complexity index is 306. The molecule has 1 aliphatic heterocycles. The topological polar surface area (TPSA) is 55.8 Å². The number of nitrogens with zero attached hydrogens (tertiary/aromatic N) is 1. The lowest BCUT2D eigenvalue weighted by molar-refractivity contribution is -0.144. The summed E-state index contributed by atoms with van der Waals surface area (Å²) in [6.45, 7) is 8.12. The molecule has 110 valence electrons. The Hall–Kier alpha value is -0.940. The van der Waals surface area contributed by atoms with Crippen molar-refractivity contribution in [3.8, 4) is 0 Å². The molecule has 5 nitrogen and oxygen atoms in total. The van der Waals surface area contributed by atoms with E-state index in [4.69, 9.17) is 9.47 Å². The van der Waals surface area contributed by atoms with Crippen molar-refractivity contribution in [2.75, 3.05) is 26.3 Å². The van der Waals surface area contributed by atoms with Crippen molar-refractivity contribution in [2.45, 2.75) is 52.2 Å². The monoisotopic (exact) mass is 271 g/mol. The quantitative estimate of drug-likeness (QED) is 0.655. The van der Waals surface area contributed by atoms with Gasteiger partial charge in [0.05, 0.1) is 32.3 Å². The van der Waals surface area contributed by atoms with Crippen LogP contribution in [0.5, 0.6) is 0 Å². The van der Waals surface area contributed by atoms with Gasteiger partial charge in [0.1, 0.15) is 5.78 Å². The fourth-order valence-electron chi connectivity index (χ4n) is 2.26. The molecule has 0 N–H and O–H groups in total. The maximum absolute atomic E-state index is 11.9. The summed E-state index contributed by atoms with van der Waals surface area (Å²) in [6, 6.07) is 0.308. The van der Waals surface area contributed by atoms with E-state index in [0.717, 1.165) is 13.0 Å². The van der Waals surface area contributed by atoms with E-state index in [1.807, 2.05) is 6.92 Å². The summed E-state index contributed by atoms with van der Waals surface area (Å²) in [6.07, 6.45) is 1.59. The van der Waals surface area contributed by atoms with Crippen molar-refractivity contribution < 1.29 is 19.1 Å². The highest BCUT2D eigenvalue weighted by Crippen LogP contribution is 2.14. The molecule has 0 aliphatic carbocycles. The van der Waals surface area contributed by atoms with Crippen LogP contribution in [0.2, 0.25) is 0 Å². The summed E-state index contributed by atoms with van der Waals surface area (Å²) in [5.41, 5.74) is 0. The molecule has 1 fully saturated rings. The molecule has 0 amide bonds. The molecule has 5 heteroatoms. The first kappa shape index (κ1) is 16.1. The Morgan fingerprint density at radius 1 is 1.32 bits per heavy atom. The summed E-state index contributed by atoms with van der Waals surface area (Å²) in [7, 11) is 0. The van der Waals surface area contributed by atoms with Crippen LogP contribution in [0.15, 0.2) is 0 Å². The van der Waals surface area contributed by atoms with E-state index >= 15 is 0 Å². The third kappa shape index (κ3) is 5.70. The Morgan fingerprint density at radius 3 is 2.68 bits per heavy atom. The van der Waals surface area contributed by atoms with Crippen LogP contribution in [0.25, 0.3) is 0 Å². The summed E-state index contributed by atoms with van der Waals surface area (Å²) in [5.74, 6) is -0.196. The van der Waals surface area contributed by atoms with Crippen molar-refractivity contribution >= 4 is 11.8 Å². The lowest BCUT2D eigenvalue weighted by Gasteiger charge is -2.37. The Labute approximate surface area is 115 Å². The molecule has 1 aliphatic rings. The molecule has 0 saturated carbocycles. The molecule has 0 radical (unpaired) electrons. The van der Waals surface area contributed by atoms with Crippen molar-refractivity contribution in [3.63, 3.8) is 0 Å². The van der Waals surface area contributed by atoms with E-state index in [-0.39, 0.29) is 30.7 Å². The first-order valence-electron chi connectivity index (χ1n) is 7.09. The molecule has 2 atom stereocenters. The minimum absolute atomic E-state index is 0.0978. The predicted octanol–water partition coefficient (Wildman–Crippen LogP) is 1.40. The number of hydrogen-bond donors (Lipinski definition) is 0. The van der Waals surface area contributed by atoms with Crippen LogP contribution < -0.4 is 0 Å². The number of ketones is 1. The van der Waals surface area contributed by atoms with E-state index in [0.29, 0.717) is 25.8 Å². The third-order valence-electron chi connectivity index (χ3n) is 3.35. The van der Waals surface area contributed by atoms with Crippen LogP contribution in [0, 0.1) is 0 Å². The van der Waals surface area contributed by atoms with Crippen molar-refractivity contribution in [1.82, 2.24) is 4.90 Å². The van der Waals surface area contributed by atoms with Gasteiger partial charge in [0.15, 0.2) is 0 Å². The fraction of sp³-hybridized carbons (Fsp3) is 0.857. The van der Waals surface area contributed by atoms with E-state index in [1.54, 1.807) is 6.92 Å². The van der Waals surface area contributed by atoms with Crippen molar-refractivity contribution in [3.05, 3.63) is 0 Å². The molecule has 0 aromatic rings. The molecule has 0 aromatic carbocycles. The highest BCUT2D eigenvalue weighted by atomic mass is 16.5. The van der Waals surface area contributed by atoms with Gasteiger partial charge in [-0.3, -0.25) is 14.5 Å². The fourth-order valence-corrected chi connectivity index (χ4v) is 2.26. The van der Waals surface area contributed by atoms with Crippen molar-refractivity contribution in [1.29, 1.82) is 0 Å². The predicted molar refractivity (Wildman–Crippen MR) is 71.9 cm³/mol. The molecule has 0 spiro atoms. The van der Waals surface area contributed by atoms with Crippen LogP contribution >= 0.6 is 0 Å². The summed E-state index contributed by atoms with van der Waals surface area (Å²) < 4.78 is 10.4. The van der Waals surface area contributed by atoms with Crippen LogP contribution in [0.4, 0.5) is 0 Å². The van der Waals surface area contributed by atoms with E-state index < -0.39 is 0 Å². The summed E-state index contributed by atoms with van der Waals surface area (Å²) in [5, 5.41) is 0. The lowest BCUT2D eigenvalue weighted by Crippen LogP contribution is -2.50. The average Bonchev–Trinajstić information content (AvgIpc) is 2.37. The molecule has 19 heavy (non-hydrogen) atoms. The first-order chi connectivity index (χ1) is 9.06. The SMILES string of the molecule is CCOC(=O)CCC(=O)CN1CC(C)OCC1CC. The van der Waals surface area contributed by atoms with Crippen LogP contribution in [-0.2, 0) is 19.1 Å². The number of esters is 1. The van der Waals surface area contributed by atoms with Gasteiger partial charge in [-0.15, -0.1) is 0 Å². The standard InChI is InChI=1S/C14H25NO4/c1-4-12-10-19-11(3)8-15(12)9-13(16)6-7-14(17)18-5-2/h11-12H,4-10H2,1-3H3. The molecule has 1 heterocycles. The van der Waals surface area contributed by atoms with Gasteiger partial charge in [-0.2, -0.15) is 0 Å². The Balaban J connectivity index is 2.35. The number of morpholine rings is 1. The van der Waals surface area contributed by atoms with E-state index in [9.17, 15) is 9.59 Å². The number of carbonyl (C=O) groups excluding carboxylic acids is 2. The number of ether oxygens (including phenoxy) is 2. The highest BCUT2D eigenvalue weighted by Gasteiger charge is 2.26. The zero-order valence-electron chi connectivity index (χ0n) is 12.2. The first-order valence-corrected chi connectivity index (χ1v) is 7.09. The van der Waals surface area contributed by atoms with Crippen LogP contribution in [0.1, 0.15) is 40.0 Å². The van der Waals surface area contributed by atoms with Gasteiger partial charge < -0.3 is 9.47 Å².